The predicted octanol–water partition coefficient (Wildman–Crippen LogP) is 6.78. The molecule has 0 N–H and O–H groups in total. The van der Waals surface area contributed by atoms with Crippen molar-refractivity contribution in [1.29, 1.82) is 0 Å². The molecule has 1 rings (SSSR count). The van der Waals surface area contributed by atoms with Crippen LogP contribution < -0.4 is 0 Å². The van der Waals surface area contributed by atoms with Gasteiger partial charge in [0.15, 0.2) is 0 Å². The highest BCUT2D eigenvalue weighted by atomic mass is 16.1. The molecular weight excluding hydrogens is 268 g/mol. The Balaban J connectivity index is 1.75. The zero-order valence-corrected chi connectivity index (χ0v) is 14.7. The van der Waals surface area contributed by atoms with Crippen LogP contribution in [0.1, 0.15) is 96.8 Å². The molecule has 0 amide bonds. The first-order valence-electron chi connectivity index (χ1n) is 9.72. The van der Waals surface area contributed by atoms with Crippen molar-refractivity contribution < 1.29 is 4.79 Å². The van der Waals surface area contributed by atoms with Crippen molar-refractivity contribution >= 4 is 5.78 Å². The van der Waals surface area contributed by atoms with Crippen molar-refractivity contribution in [2.75, 3.05) is 0 Å². The van der Waals surface area contributed by atoms with Crippen LogP contribution in [0.5, 0.6) is 0 Å². The number of carbonyl (C=O) groups is 1. The van der Waals surface area contributed by atoms with Crippen LogP contribution in [-0.4, -0.2) is 5.78 Å². The Labute approximate surface area is 138 Å². The zero-order chi connectivity index (χ0) is 15.9. The highest BCUT2D eigenvalue weighted by Gasteiger charge is 2.12. The summed E-state index contributed by atoms with van der Waals surface area (Å²) in [4.78, 5) is 11.8. The molecule has 0 saturated heterocycles. The molecule has 0 saturated carbocycles. The molecule has 1 nitrogen and oxygen atoms in total. The lowest BCUT2D eigenvalue weighted by Gasteiger charge is -2.05. The van der Waals surface area contributed by atoms with Gasteiger partial charge in [0.05, 0.1) is 5.92 Å². The second-order valence-electron chi connectivity index (χ2n) is 6.75. The molecule has 1 heteroatoms. The van der Waals surface area contributed by atoms with Crippen LogP contribution in [-0.2, 0) is 4.79 Å². The van der Waals surface area contributed by atoms with Crippen molar-refractivity contribution in [3.8, 4) is 0 Å². The summed E-state index contributed by atoms with van der Waals surface area (Å²) in [6.07, 6.45) is 26.4. The number of ketones is 1. The van der Waals surface area contributed by atoms with Crippen LogP contribution in [0, 0.1) is 5.92 Å². The minimum atomic E-state index is 0.0809. The van der Waals surface area contributed by atoms with E-state index in [1.54, 1.807) is 0 Å². The molecule has 0 aromatic carbocycles. The minimum absolute atomic E-state index is 0.0809. The number of rotatable bonds is 15. The third-order valence-electron chi connectivity index (χ3n) is 4.65. The van der Waals surface area contributed by atoms with Gasteiger partial charge in [0.1, 0.15) is 5.78 Å². The fraction of sp³-hybridized carbons (Fsp3) is 0.762. The van der Waals surface area contributed by atoms with Gasteiger partial charge in [-0.25, -0.2) is 0 Å². The molecule has 0 heterocycles. The number of unbranched alkanes of at least 4 members (excludes halogenated alkanes) is 12. The lowest BCUT2D eigenvalue weighted by Crippen LogP contribution is -2.07. The molecule has 1 aliphatic rings. The van der Waals surface area contributed by atoms with E-state index >= 15 is 0 Å². The fourth-order valence-electron chi connectivity index (χ4n) is 3.13. The van der Waals surface area contributed by atoms with Gasteiger partial charge in [-0.05, 0) is 6.42 Å². The third kappa shape index (κ3) is 9.97. The summed E-state index contributed by atoms with van der Waals surface area (Å²) in [6.45, 7) is 2.28. The van der Waals surface area contributed by atoms with Crippen molar-refractivity contribution in [2.24, 2.45) is 5.92 Å². The summed E-state index contributed by atoms with van der Waals surface area (Å²) in [5.41, 5.74) is 0. The summed E-state index contributed by atoms with van der Waals surface area (Å²) in [5, 5.41) is 0. The van der Waals surface area contributed by atoms with Crippen LogP contribution in [0.3, 0.4) is 0 Å². The Morgan fingerprint density at radius 1 is 0.682 bits per heavy atom. The van der Waals surface area contributed by atoms with Crippen LogP contribution in [0.15, 0.2) is 24.3 Å². The summed E-state index contributed by atoms with van der Waals surface area (Å²) >= 11 is 0. The highest BCUT2D eigenvalue weighted by molar-refractivity contribution is 5.85. The van der Waals surface area contributed by atoms with Crippen molar-refractivity contribution in [1.82, 2.24) is 0 Å². The fourth-order valence-corrected chi connectivity index (χ4v) is 3.13. The van der Waals surface area contributed by atoms with Gasteiger partial charge >= 0.3 is 0 Å². The Kier molecular flexibility index (Phi) is 12.0. The summed E-state index contributed by atoms with van der Waals surface area (Å²) in [7, 11) is 0. The van der Waals surface area contributed by atoms with Gasteiger partial charge in [-0.15, -0.1) is 0 Å². The number of carbonyl (C=O) groups excluding carboxylic acids is 1. The predicted molar refractivity (Wildman–Crippen MR) is 97.1 cm³/mol. The van der Waals surface area contributed by atoms with Crippen LogP contribution in [0.4, 0.5) is 0 Å². The van der Waals surface area contributed by atoms with E-state index in [9.17, 15) is 4.79 Å². The van der Waals surface area contributed by atoms with E-state index in [0.29, 0.717) is 5.78 Å². The van der Waals surface area contributed by atoms with E-state index < -0.39 is 0 Å². The van der Waals surface area contributed by atoms with Crippen LogP contribution in [0.25, 0.3) is 0 Å². The average Bonchev–Trinajstić information content (AvgIpc) is 3.06. The summed E-state index contributed by atoms with van der Waals surface area (Å²) in [5.74, 6) is 0.477. The Hall–Kier alpha value is -0.850. The molecule has 0 spiro atoms. The summed E-state index contributed by atoms with van der Waals surface area (Å²) < 4.78 is 0. The normalized spacial score (nSPS) is 14.0. The Bertz CT molecular complexity index is 315. The van der Waals surface area contributed by atoms with Crippen molar-refractivity contribution in [3.05, 3.63) is 24.3 Å². The maximum absolute atomic E-state index is 11.8. The smallest absolute Gasteiger partial charge is 0.143 e. The molecule has 0 radical (unpaired) electrons. The molecule has 0 bridgehead atoms. The Morgan fingerprint density at radius 2 is 1.09 bits per heavy atom. The van der Waals surface area contributed by atoms with Crippen molar-refractivity contribution in [3.63, 3.8) is 0 Å². The monoisotopic (exact) mass is 304 g/mol. The topological polar surface area (TPSA) is 17.1 Å². The lowest BCUT2D eigenvalue weighted by atomic mass is 9.99. The van der Waals surface area contributed by atoms with Gasteiger partial charge < -0.3 is 0 Å². The van der Waals surface area contributed by atoms with Crippen LogP contribution in [0.2, 0.25) is 0 Å². The molecule has 0 fully saturated rings. The molecular formula is C21H36O. The van der Waals surface area contributed by atoms with Gasteiger partial charge in [0, 0.05) is 6.42 Å². The average molecular weight is 305 g/mol. The zero-order valence-electron chi connectivity index (χ0n) is 14.7. The number of hydrogen-bond donors (Lipinski definition) is 0. The second kappa shape index (κ2) is 13.8. The lowest BCUT2D eigenvalue weighted by molar-refractivity contribution is -0.120. The first-order valence-corrected chi connectivity index (χ1v) is 9.72. The first kappa shape index (κ1) is 19.2. The first-order chi connectivity index (χ1) is 10.8. The number of hydrogen-bond acceptors (Lipinski definition) is 1. The third-order valence-corrected chi connectivity index (χ3v) is 4.65. The largest absolute Gasteiger partial charge is 0.299 e. The van der Waals surface area contributed by atoms with Gasteiger partial charge in [0.25, 0.3) is 0 Å². The summed E-state index contributed by atoms with van der Waals surface area (Å²) in [6, 6.07) is 0. The highest BCUT2D eigenvalue weighted by Crippen LogP contribution is 2.16. The maximum Gasteiger partial charge on any atom is 0.143 e. The maximum atomic E-state index is 11.8. The molecule has 1 aliphatic carbocycles. The molecule has 126 valence electrons. The standard InChI is InChI=1S/C21H36O/c1-2-3-4-5-6-7-8-9-10-11-12-13-14-19-21(22)20-17-15-16-18-20/h15-18,20H,2-14,19H2,1H3. The molecule has 0 aliphatic heterocycles. The SMILES string of the molecule is CCCCCCCCCCCCCCCC(=O)C1C=CC=C1. The molecule has 0 aromatic heterocycles. The molecule has 0 unspecified atom stereocenters. The number of allylic oxidation sites excluding steroid dienone is 4. The van der Waals surface area contributed by atoms with Crippen molar-refractivity contribution in [2.45, 2.75) is 96.8 Å². The Morgan fingerprint density at radius 3 is 1.55 bits per heavy atom. The van der Waals surface area contributed by atoms with E-state index in [1.807, 2.05) is 24.3 Å². The van der Waals surface area contributed by atoms with Gasteiger partial charge in [0.2, 0.25) is 0 Å². The molecule has 22 heavy (non-hydrogen) atoms. The molecule has 0 aromatic rings. The van der Waals surface area contributed by atoms with E-state index in [1.165, 1.54) is 77.0 Å². The van der Waals surface area contributed by atoms with E-state index in [0.717, 1.165) is 12.8 Å². The minimum Gasteiger partial charge on any atom is -0.299 e. The quantitative estimate of drug-likeness (QED) is 0.305. The van der Waals surface area contributed by atoms with E-state index in [-0.39, 0.29) is 5.92 Å². The molecule has 0 atom stereocenters. The van der Waals surface area contributed by atoms with Gasteiger partial charge in [-0.1, -0.05) is 108 Å². The van der Waals surface area contributed by atoms with Crippen LogP contribution >= 0.6 is 0 Å². The van der Waals surface area contributed by atoms with E-state index in [2.05, 4.69) is 6.92 Å². The van der Waals surface area contributed by atoms with Gasteiger partial charge in [-0.2, -0.15) is 0 Å². The second-order valence-corrected chi connectivity index (χ2v) is 6.75. The number of Topliss-reactive ketones (excluding diaryl/α,β-unsaturated/α-hetero) is 1. The van der Waals surface area contributed by atoms with Gasteiger partial charge in [-0.3, -0.25) is 4.79 Å². The van der Waals surface area contributed by atoms with E-state index in [4.69, 9.17) is 0 Å².